The zero-order valence-electron chi connectivity index (χ0n) is 13.6. The molecule has 0 fully saturated rings. The number of fused-ring (bicyclic) bond motifs is 3. The van der Waals surface area contributed by atoms with Crippen LogP contribution < -0.4 is 11.1 Å². The molecule has 126 valence electrons. The summed E-state index contributed by atoms with van der Waals surface area (Å²) in [5, 5.41) is 3.00. The first-order chi connectivity index (χ1) is 12.2. The van der Waals surface area contributed by atoms with Gasteiger partial charge < -0.3 is 10.5 Å². The lowest BCUT2D eigenvalue weighted by atomic mass is 10.1. The third-order valence-electron chi connectivity index (χ3n) is 4.06. The highest BCUT2D eigenvalue weighted by atomic mass is 16.5. The topological polar surface area (TPSA) is 94.5 Å². The number of carbonyl (C=O) groups is 1. The molecule has 25 heavy (non-hydrogen) atoms. The number of rotatable bonds is 3. The van der Waals surface area contributed by atoms with E-state index < -0.39 is 0 Å². The molecule has 3 N–H and O–H groups in total. The van der Waals surface area contributed by atoms with Gasteiger partial charge in [0, 0.05) is 0 Å². The van der Waals surface area contributed by atoms with Gasteiger partial charge in [0.2, 0.25) is 5.95 Å². The summed E-state index contributed by atoms with van der Waals surface area (Å²) in [5.41, 5.74) is 9.16. The van der Waals surface area contributed by atoms with E-state index in [9.17, 15) is 4.79 Å². The van der Waals surface area contributed by atoms with Crippen LogP contribution >= 0.6 is 0 Å². The molecule has 3 aromatic rings. The molecule has 1 aliphatic rings. The van der Waals surface area contributed by atoms with Gasteiger partial charge in [0.05, 0.1) is 23.2 Å². The molecule has 1 atom stereocenters. The summed E-state index contributed by atoms with van der Waals surface area (Å²) < 4.78 is 7.01. The van der Waals surface area contributed by atoms with Crippen LogP contribution in [0, 0.1) is 0 Å². The third-order valence-corrected chi connectivity index (χ3v) is 4.06. The Labute approximate surface area is 144 Å². The number of esters is 1. The van der Waals surface area contributed by atoms with Crippen molar-refractivity contribution in [3.05, 3.63) is 59.7 Å². The number of aromatic nitrogens is 2. The Hall–Kier alpha value is -3.35. The number of hydrogen-bond acceptors (Lipinski definition) is 6. The molecule has 7 nitrogen and oxygen atoms in total. The van der Waals surface area contributed by atoms with Crippen molar-refractivity contribution in [2.24, 2.45) is 10.7 Å². The quantitative estimate of drug-likeness (QED) is 0.717. The molecule has 1 aromatic heterocycles. The van der Waals surface area contributed by atoms with Crippen LogP contribution in [0.3, 0.4) is 0 Å². The summed E-state index contributed by atoms with van der Waals surface area (Å²) in [6, 6.07) is 15.0. The van der Waals surface area contributed by atoms with Gasteiger partial charge in [-0.05, 0) is 36.8 Å². The van der Waals surface area contributed by atoms with Crippen molar-refractivity contribution < 1.29 is 9.53 Å². The monoisotopic (exact) mass is 335 g/mol. The van der Waals surface area contributed by atoms with Crippen molar-refractivity contribution in [1.29, 1.82) is 0 Å². The van der Waals surface area contributed by atoms with Crippen LogP contribution in [0.25, 0.3) is 11.0 Å². The first-order valence-electron chi connectivity index (χ1n) is 8.01. The van der Waals surface area contributed by atoms with Gasteiger partial charge in [-0.1, -0.05) is 24.3 Å². The SMILES string of the molecule is CCOC(=O)c1ccc(C2N=C(N)Nc3nc4ccccc4n32)cc1. The van der Waals surface area contributed by atoms with E-state index in [4.69, 9.17) is 10.5 Å². The highest BCUT2D eigenvalue weighted by Crippen LogP contribution is 2.32. The maximum atomic E-state index is 11.8. The van der Waals surface area contributed by atoms with Crippen LogP contribution in [-0.4, -0.2) is 28.1 Å². The van der Waals surface area contributed by atoms with Crippen molar-refractivity contribution in [2.75, 3.05) is 11.9 Å². The van der Waals surface area contributed by atoms with Gasteiger partial charge in [-0.2, -0.15) is 0 Å². The van der Waals surface area contributed by atoms with Crippen LogP contribution in [0.4, 0.5) is 5.95 Å². The number of guanidine groups is 1. The molecule has 0 saturated carbocycles. The molecule has 2 aromatic carbocycles. The Balaban J connectivity index is 1.77. The first kappa shape index (κ1) is 15.2. The summed E-state index contributed by atoms with van der Waals surface area (Å²) in [5.74, 6) is 0.617. The van der Waals surface area contributed by atoms with Crippen LogP contribution in [-0.2, 0) is 4.74 Å². The molecule has 0 spiro atoms. The molecule has 7 heteroatoms. The normalized spacial score (nSPS) is 16.0. The average molecular weight is 335 g/mol. The number of ether oxygens (including phenoxy) is 1. The highest BCUT2D eigenvalue weighted by molar-refractivity contribution is 5.94. The second-order valence-electron chi connectivity index (χ2n) is 5.65. The van der Waals surface area contributed by atoms with Crippen LogP contribution in [0.15, 0.2) is 53.5 Å². The van der Waals surface area contributed by atoms with Gasteiger partial charge in [0.1, 0.15) is 0 Å². The van der Waals surface area contributed by atoms with Gasteiger partial charge in [0.25, 0.3) is 0 Å². The van der Waals surface area contributed by atoms with E-state index in [-0.39, 0.29) is 12.1 Å². The first-order valence-corrected chi connectivity index (χ1v) is 8.01. The molecule has 0 saturated heterocycles. The molecule has 0 radical (unpaired) electrons. The summed E-state index contributed by atoms with van der Waals surface area (Å²) in [6.45, 7) is 2.13. The molecule has 1 aliphatic heterocycles. The second kappa shape index (κ2) is 5.94. The predicted molar refractivity (Wildman–Crippen MR) is 95.5 cm³/mol. The van der Waals surface area contributed by atoms with E-state index in [0.29, 0.717) is 24.1 Å². The summed E-state index contributed by atoms with van der Waals surface area (Å²) in [4.78, 5) is 20.9. The maximum Gasteiger partial charge on any atom is 0.338 e. The van der Waals surface area contributed by atoms with Crippen LogP contribution in [0.2, 0.25) is 0 Å². The second-order valence-corrected chi connectivity index (χ2v) is 5.65. The lowest BCUT2D eigenvalue weighted by molar-refractivity contribution is 0.0526. The minimum Gasteiger partial charge on any atom is -0.462 e. The fraction of sp³-hybridized carbons (Fsp3) is 0.167. The summed E-state index contributed by atoms with van der Waals surface area (Å²) in [7, 11) is 0. The van der Waals surface area contributed by atoms with Crippen LogP contribution in [0.5, 0.6) is 0 Å². The van der Waals surface area contributed by atoms with Crippen molar-refractivity contribution in [3.8, 4) is 0 Å². The summed E-state index contributed by atoms with van der Waals surface area (Å²) in [6.07, 6.45) is -0.347. The van der Waals surface area contributed by atoms with E-state index in [0.717, 1.165) is 16.6 Å². The third kappa shape index (κ3) is 2.59. The van der Waals surface area contributed by atoms with Gasteiger partial charge in [-0.15, -0.1) is 0 Å². The number of hydrogen-bond donors (Lipinski definition) is 2. The van der Waals surface area contributed by atoms with Crippen molar-refractivity contribution >= 4 is 28.9 Å². The number of aliphatic imine (C=N–C) groups is 1. The van der Waals surface area contributed by atoms with E-state index >= 15 is 0 Å². The zero-order valence-corrected chi connectivity index (χ0v) is 13.6. The Bertz CT molecular complexity index is 975. The van der Waals surface area contributed by atoms with Crippen molar-refractivity contribution in [2.45, 2.75) is 13.1 Å². The standard InChI is InChI=1S/C18H17N5O2/c1-2-25-16(24)12-9-7-11(8-10-12)15-21-17(19)22-18-20-13-5-3-4-6-14(13)23(15)18/h3-10,15H,2H2,1H3,(H3,19,20,21,22). The smallest absolute Gasteiger partial charge is 0.338 e. The largest absolute Gasteiger partial charge is 0.462 e. The molecule has 1 unspecified atom stereocenters. The highest BCUT2D eigenvalue weighted by Gasteiger charge is 2.25. The molecule has 2 heterocycles. The van der Waals surface area contributed by atoms with Gasteiger partial charge in [-0.25, -0.2) is 14.8 Å². The Kier molecular flexibility index (Phi) is 3.61. The van der Waals surface area contributed by atoms with Gasteiger partial charge >= 0.3 is 5.97 Å². The number of nitrogens with zero attached hydrogens (tertiary/aromatic N) is 3. The predicted octanol–water partition coefficient (Wildman–Crippen LogP) is 2.50. The Morgan fingerprint density at radius 2 is 2.00 bits per heavy atom. The number of benzene rings is 2. The van der Waals surface area contributed by atoms with Gasteiger partial charge in [0.15, 0.2) is 12.1 Å². The van der Waals surface area contributed by atoms with E-state index in [2.05, 4.69) is 15.3 Å². The molecule has 4 rings (SSSR count). The van der Waals surface area contributed by atoms with Crippen molar-refractivity contribution in [3.63, 3.8) is 0 Å². The molecule has 0 amide bonds. The fourth-order valence-corrected chi connectivity index (χ4v) is 2.95. The van der Waals surface area contributed by atoms with E-state index in [1.165, 1.54) is 0 Å². The minimum absolute atomic E-state index is 0.308. The number of para-hydroxylation sites is 2. The van der Waals surface area contributed by atoms with Gasteiger partial charge in [-0.3, -0.25) is 9.88 Å². The molecule has 0 bridgehead atoms. The Morgan fingerprint density at radius 3 is 2.76 bits per heavy atom. The molecular weight excluding hydrogens is 318 g/mol. The van der Waals surface area contributed by atoms with E-state index in [1.54, 1.807) is 19.1 Å². The summed E-state index contributed by atoms with van der Waals surface area (Å²) >= 11 is 0. The Morgan fingerprint density at radius 1 is 1.24 bits per heavy atom. The zero-order chi connectivity index (χ0) is 17.4. The maximum absolute atomic E-state index is 11.8. The van der Waals surface area contributed by atoms with Crippen LogP contribution in [0.1, 0.15) is 29.0 Å². The van der Waals surface area contributed by atoms with Crippen molar-refractivity contribution in [1.82, 2.24) is 9.55 Å². The number of carbonyl (C=O) groups excluding carboxylic acids is 1. The number of imidazole rings is 1. The lowest BCUT2D eigenvalue weighted by Crippen LogP contribution is -2.31. The van der Waals surface area contributed by atoms with E-state index in [1.807, 2.05) is 41.0 Å². The molecule has 0 aliphatic carbocycles. The number of nitrogens with one attached hydrogen (secondary N) is 1. The number of nitrogens with two attached hydrogens (primary N) is 1. The lowest BCUT2D eigenvalue weighted by Gasteiger charge is -2.23. The number of anilines is 1. The fourth-order valence-electron chi connectivity index (χ4n) is 2.95. The minimum atomic E-state index is -0.347. The molecular formula is C18H17N5O2. The average Bonchev–Trinajstić information content (AvgIpc) is 2.99.